The summed E-state index contributed by atoms with van der Waals surface area (Å²) in [5.74, 6) is -1.31. The Morgan fingerprint density at radius 1 is 1.24 bits per heavy atom. The fraction of sp³-hybridized carbons (Fsp3) is 0.227. The van der Waals surface area contributed by atoms with E-state index in [1.54, 1.807) is 24.3 Å². The van der Waals surface area contributed by atoms with Gasteiger partial charge in [0.15, 0.2) is 17.6 Å². The number of ether oxygens (including phenoxy) is 2. The third-order valence-corrected chi connectivity index (χ3v) is 4.17. The van der Waals surface area contributed by atoms with Crippen LogP contribution >= 0.6 is 0 Å². The zero-order valence-electron chi connectivity index (χ0n) is 16.6. The number of hydrogen-bond donors (Lipinski definition) is 2. The summed E-state index contributed by atoms with van der Waals surface area (Å²) in [5, 5.41) is 21.3. The predicted octanol–water partition coefficient (Wildman–Crippen LogP) is 3.71. The lowest BCUT2D eigenvalue weighted by molar-refractivity contribution is -0.144. The van der Waals surface area contributed by atoms with Crippen LogP contribution in [-0.4, -0.2) is 30.2 Å². The second kappa shape index (κ2) is 9.42. The topological polar surface area (TPSA) is 109 Å². The number of nitrogens with zero attached hydrogens (tertiary/aromatic N) is 1. The molecule has 0 aliphatic heterocycles. The molecular formula is C22H22N2O5. The molecule has 0 heterocycles. The Bertz CT molecular complexity index is 1000. The van der Waals surface area contributed by atoms with E-state index in [1.807, 2.05) is 32.0 Å². The lowest BCUT2D eigenvalue weighted by Gasteiger charge is -2.16. The van der Waals surface area contributed by atoms with Crippen LogP contribution in [0.1, 0.15) is 23.6 Å². The Morgan fingerprint density at radius 2 is 1.97 bits per heavy atom. The molecule has 2 aromatic carbocycles. The zero-order chi connectivity index (χ0) is 21.6. The van der Waals surface area contributed by atoms with E-state index < -0.39 is 18.0 Å². The molecule has 0 unspecified atom stereocenters. The lowest BCUT2D eigenvalue weighted by Crippen LogP contribution is -2.23. The van der Waals surface area contributed by atoms with Gasteiger partial charge in [-0.15, -0.1) is 0 Å². The van der Waals surface area contributed by atoms with Gasteiger partial charge in [0.05, 0.1) is 7.11 Å². The molecule has 29 heavy (non-hydrogen) atoms. The first-order valence-corrected chi connectivity index (χ1v) is 8.83. The van der Waals surface area contributed by atoms with E-state index in [9.17, 15) is 14.9 Å². The van der Waals surface area contributed by atoms with Gasteiger partial charge in [0, 0.05) is 11.3 Å². The molecule has 2 N–H and O–H groups in total. The molecule has 0 fully saturated rings. The van der Waals surface area contributed by atoms with E-state index in [0.717, 1.165) is 11.1 Å². The minimum Gasteiger partial charge on any atom is -0.493 e. The highest BCUT2D eigenvalue weighted by molar-refractivity contribution is 6.10. The summed E-state index contributed by atoms with van der Waals surface area (Å²) < 4.78 is 10.7. The number of amides is 1. The van der Waals surface area contributed by atoms with Gasteiger partial charge in [-0.05, 0) is 44.5 Å². The van der Waals surface area contributed by atoms with Crippen LogP contribution in [0.4, 0.5) is 5.69 Å². The molecule has 150 valence electrons. The van der Waals surface area contributed by atoms with E-state index >= 15 is 0 Å². The number of hydrogen-bond acceptors (Lipinski definition) is 5. The van der Waals surface area contributed by atoms with Gasteiger partial charge in [0.1, 0.15) is 11.6 Å². The molecule has 0 radical (unpaired) electrons. The van der Waals surface area contributed by atoms with Gasteiger partial charge >= 0.3 is 5.97 Å². The molecule has 0 saturated carbocycles. The number of rotatable bonds is 7. The van der Waals surface area contributed by atoms with Crippen LogP contribution in [0.2, 0.25) is 0 Å². The van der Waals surface area contributed by atoms with Crippen LogP contribution in [0.15, 0.2) is 42.0 Å². The average molecular weight is 394 g/mol. The molecular weight excluding hydrogens is 372 g/mol. The van der Waals surface area contributed by atoms with Gasteiger partial charge in [-0.3, -0.25) is 4.79 Å². The number of nitrogens with one attached hydrogen (secondary N) is 1. The Labute approximate surface area is 169 Å². The molecule has 0 aromatic heterocycles. The van der Waals surface area contributed by atoms with Crippen molar-refractivity contribution < 1.29 is 24.2 Å². The average Bonchev–Trinajstić information content (AvgIpc) is 2.68. The quantitative estimate of drug-likeness (QED) is 0.547. The first-order chi connectivity index (χ1) is 13.8. The van der Waals surface area contributed by atoms with Gasteiger partial charge in [-0.25, -0.2) is 4.79 Å². The maximum Gasteiger partial charge on any atom is 0.344 e. The normalized spacial score (nSPS) is 11.9. The van der Waals surface area contributed by atoms with Crippen LogP contribution in [0.25, 0.3) is 6.08 Å². The zero-order valence-corrected chi connectivity index (χ0v) is 16.6. The van der Waals surface area contributed by atoms with Crippen LogP contribution in [0.3, 0.4) is 0 Å². The molecule has 7 heteroatoms. The minimum absolute atomic E-state index is 0.136. The minimum atomic E-state index is -1.15. The van der Waals surface area contributed by atoms with Crippen molar-refractivity contribution in [2.24, 2.45) is 0 Å². The predicted molar refractivity (Wildman–Crippen MR) is 109 cm³/mol. The second-order valence-corrected chi connectivity index (χ2v) is 6.42. The number of benzene rings is 2. The summed E-state index contributed by atoms with van der Waals surface area (Å²) in [6.45, 7) is 5.18. The van der Waals surface area contributed by atoms with E-state index in [0.29, 0.717) is 17.0 Å². The smallest absolute Gasteiger partial charge is 0.344 e. The fourth-order valence-corrected chi connectivity index (χ4v) is 2.61. The summed E-state index contributed by atoms with van der Waals surface area (Å²) >= 11 is 0. The maximum absolute atomic E-state index is 12.6. The summed E-state index contributed by atoms with van der Waals surface area (Å²) in [7, 11) is 1.42. The number of para-hydroxylation sites is 1. The first kappa shape index (κ1) is 21.5. The van der Waals surface area contributed by atoms with Crippen molar-refractivity contribution in [2.75, 3.05) is 12.4 Å². The number of nitriles is 1. The number of anilines is 1. The number of aliphatic carboxylic acids is 1. The lowest BCUT2D eigenvalue weighted by atomic mass is 10.1. The van der Waals surface area contributed by atoms with Crippen LogP contribution in [0.5, 0.6) is 11.5 Å². The Kier molecular flexibility index (Phi) is 6.99. The third kappa shape index (κ3) is 5.36. The number of carbonyl (C=O) groups excluding carboxylic acids is 1. The summed E-state index contributed by atoms with van der Waals surface area (Å²) in [4.78, 5) is 23.8. The molecule has 2 aromatic rings. The van der Waals surface area contributed by atoms with Gasteiger partial charge in [-0.1, -0.05) is 29.8 Å². The number of aryl methyl sites for hydroxylation is 2. The highest BCUT2D eigenvalue weighted by Crippen LogP contribution is 2.33. The molecule has 0 aliphatic carbocycles. The van der Waals surface area contributed by atoms with Crippen molar-refractivity contribution in [1.29, 1.82) is 5.26 Å². The standard InChI is InChI=1S/C22H22N2O5/c1-13-8-9-18(14(2)10-13)24-21(25)17(12-23)11-16-6-5-7-19(28-4)20(16)29-15(3)22(26)27/h5-11,15H,1-4H3,(H,24,25)(H,26,27)/b17-11-/t15-/m1/s1. The molecule has 2 rings (SSSR count). The Morgan fingerprint density at radius 3 is 2.55 bits per heavy atom. The van der Waals surface area contributed by atoms with Crippen molar-refractivity contribution in [1.82, 2.24) is 0 Å². The molecule has 0 spiro atoms. The fourth-order valence-electron chi connectivity index (χ4n) is 2.61. The monoisotopic (exact) mass is 394 g/mol. The number of carboxylic acid groups (broad SMARTS) is 1. The summed E-state index contributed by atoms with van der Waals surface area (Å²) in [6, 6.07) is 12.3. The second-order valence-electron chi connectivity index (χ2n) is 6.42. The van der Waals surface area contributed by atoms with E-state index in [-0.39, 0.29) is 11.3 Å². The molecule has 0 aliphatic rings. The van der Waals surface area contributed by atoms with Gasteiger partial charge < -0.3 is 19.9 Å². The number of carbonyl (C=O) groups is 2. The SMILES string of the molecule is COc1cccc(/C=C(/C#N)C(=O)Nc2ccc(C)cc2C)c1O[C@H](C)C(=O)O. The number of methoxy groups -OCH3 is 1. The van der Waals surface area contributed by atoms with E-state index in [1.165, 1.54) is 20.1 Å². The van der Waals surface area contributed by atoms with Gasteiger partial charge in [0.25, 0.3) is 5.91 Å². The molecule has 1 atom stereocenters. The van der Waals surface area contributed by atoms with Crippen LogP contribution in [-0.2, 0) is 9.59 Å². The largest absolute Gasteiger partial charge is 0.493 e. The van der Waals surface area contributed by atoms with Crippen LogP contribution < -0.4 is 14.8 Å². The van der Waals surface area contributed by atoms with Crippen molar-refractivity contribution in [3.63, 3.8) is 0 Å². The highest BCUT2D eigenvalue weighted by Gasteiger charge is 2.19. The van der Waals surface area contributed by atoms with Crippen molar-refractivity contribution >= 4 is 23.6 Å². The molecule has 7 nitrogen and oxygen atoms in total. The van der Waals surface area contributed by atoms with Crippen molar-refractivity contribution in [2.45, 2.75) is 26.9 Å². The van der Waals surface area contributed by atoms with Crippen molar-refractivity contribution in [3.05, 3.63) is 58.7 Å². The Hall–Kier alpha value is -3.79. The Balaban J connectivity index is 2.40. The van der Waals surface area contributed by atoms with Crippen LogP contribution in [0, 0.1) is 25.2 Å². The van der Waals surface area contributed by atoms with E-state index in [2.05, 4.69) is 5.32 Å². The first-order valence-electron chi connectivity index (χ1n) is 8.83. The molecule has 0 saturated heterocycles. The van der Waals surface area contributed by atoms with Gasteiger partial charge in [-0.2, -0.15) is 5.26 Å². The van der Waals surface area contributed by atoms with Crippen molar-refractivity contribution in [3.8, 4) is 17.6 Å². The molecule has 1 amide bonds. The maximum atomic E-state index is 12.6. The summed E-state index contributed by atoms with van der Waals surface area (Å²) in [6.07, 6.45) is 0.193. The molecule has 0 bridgehead atoms. The third-order valence-electron chi connectivity index (χ3n) is 4.17. The van der Waals surface area contributed by atoms with E-state index in [4.69, 9.17) is 14.6 Å². The van der Waals surface area contributed by atoms with Gasteiger partial charge in [0.2, 0.25) is 0 Å². The summed E-state index contributed by atoms with van der Waals surface area (Å²) in [5.41, 5.74) is 2.72. The highest BCUT2D eigenvalue weighted by atomic mass is 16.5. The number of carboxylic acids is 1.